The first kappa shape index (κ1) is 22.7. The van der Waals surface area contributed by atoms with Crippen LogP contribution in [0.2, 0.25) is 5.02 Å². The van der Waals surface area contributed by atoms with Gasteiger partial charge >= 0.3 is 0 Å². The lowest BCUT2D eigenvalue weighted by molar-refractivity contribution is -0.117. The van der Waals surface area contributed by atoms with Gasteiger partial charge < -0.3 is 19.5 Å². The van der Waals surface area contributed by atoms with Crippen LogP contribution in [0.5, 0.6) is 0 Å². The third kappa shape index (κ3) is 4.36. The number of nitrogens with one attached hydrogen (secondary N) is 1. The number of amides is 2. The SMILES string of the molecule is CC(c1ccc(-c2cccc(C(=O)N3CCCN(C)CC3)c2)o1)C1C(=O)Nc2ccc(Cl)cc21. The largest absolute Gasteiger partial charge is 0.461 e. The van der Waals surface area contributed by atoms with Gasteiger partial charge in [-0.1, -0.05) is 30.7 Å². The summed E-state index contributed by atoms with van der Waals surface area (Å²) in [6, 6.07) is 16.8. The highest BCUT2D eigenvalue weighted by atomic mass is 35.5. The molecule has 7 heteroatoms. The number of fused-ring (bicyclic) bond motifs is 1. The second-order valence-corrected chi connectivity index (χ2v) is 9.66. The van der Waals surface area contributed by atoms with E-state index in [0.717, 1.165) is 55.2 Å². The minimum absolute atomic E-state index is 0.0495. The fourth-order valence-electron chi connectivity index (χ4n) is 4.91. The zero-order valence-electron chi connectivity index (χ0n) is 19.4. The Hall–Kier alpha value is -3.09. The molecule has 176 valence electrons. The van der Waals surface area contributed by atoms with Gasteiger partial charge in [0.2, 0.25) is 5.91 Å². The number of benzene rings is 2. The Morgan fingerprint density at radius 2 is 1.94 bits per heavy atom. The number of hydrogen-bond donors (Lipinski definition) is 1. The van der Waals surface area contributed by atoms with Crippen molar-refractivity contribution in [2.24, 2.45) is 0 Å². The Morgan fingerprint density at radius 1 is 1.09 bits per heavy atom. The standard InChI is InChI=1S/C27H28ClN3O3/c1-17(25-21-16-20(28)7-8-22(21)29-26(25)32)23-9-10-24(34-23)18-5-3-6-19(15-18)27(33)31-12-4-11-30(2)13-14-31/h3,5-10,15-17,25H,4,11-14H2,1-2H3,(H,29,32). The fraction of sp³-hybridized carbons (Fsp3) is 0.333. The molecule has 1 N–H and O–H groups in total. The number of rotatable bonds is 4. The van der Waals surface area contributed by atoms with Gasteiger partial charge in [0.25, 0.3) is 5.91 Å². The molecule has 5 rings (SSSR count). The molecule has 1 aromatic heterocycles. The molecule has 2 aromatic carbocycles. The number of likely N-dealkylation sites (N-methyl/N-ethyl adjacent to an activating group) is 1. The Morgan fingerprint density at radius 3 is 2.79 bits per heavy atom. The van der Waals surface area contributed by atoms with Gasteiger partial charge in [0.05, 0.1) is 5.92 Å². The molecule has 2 unspecified atom stereocenters. The van der Waals surface area contributed by atoms with E-state index in [4.69, 9.17) is 16.0 Å². The molecule has 1 saturated heterocycles. The van der Waals surface area contributed by atoms with E-state index in [1.54, 1.807) is 6.07 Å². The van der Waals surface area contributed by atoms with Gasteiger partial charge in [-0.2, -0.15) is 0 Å². The number of carbonyl (C=O) groups is 2. The third-order valence-electron chi connectivity index (χ3n) is 6.87. The maximum Gasteiger partial charge on any atom is 0.253 e. The van der Waals surface area contributed by atoms with Crippen molar-refractivity contribution in [3.05, 3.63) is 76.5 Å². The summed E-state index contributed by atoms with van der Waals surface area (Å²) in [5, 5.41) is 3.54. The summed E-state index contributed by atoms with van der Waals surface area (Å²) >= 11 is 6.19. The maximum absolute atomic E-state index is 13.1. The lowest BCUT2D eigenvalue weighted by Gasteiger charge is -2.20. The van der Waals surface area contributed by atoms with E-state index < -0.39 is 0 Å². The second-order valence-electron chi connectivity index (χ2n) is 9.22. The number of nitrogens with zero attached hydrogens (tertiary/aromatic N) is 2. The Labute approximate surface area is 204 Å². The lowest BCUT2D eigenvalue weighted by atomic mass is 9.87. The van der Waals surface area contributed by atoms with Crippen molar-refractivity contribution in [3.8, 4) is 11.3 Å². The highest BCUT2D eigenvalue weighted by Gasteiger charge is 2.37. The number of anilines is 1. The predicted octanol–water partition coefficient (Wildman–Crippen LogP) is 5.22. The number of hydrogen-bond acceptors (Lipinski definition) is 4. The fourth-order valence-corrected chi connectivity index (χ4v) is 5.09. The molecule has 2 aliphatic rings. The van der Waals surface area contributed by atoms with Crippen molar-refractivity contribution in [1.82, 2.24) is 9.80 Å². The van der Waals surface area contributed by atoms with E-state index in [1.165, 1.54) is 0 Å². The summed E-state index contributed by atoms with van der Waals surface area (Å²) in [5.74, 6) is 0.841. The Balaban J connectivity index is 1.37. The topological polar surface area (TPSA) is 65.8 Å². The smallest absolute Gasteiger partial charge is 0.253 e. The quantitative estimate of drug-likeness (QED) is 0.559. The number of halogens is 1. The summed E-state index contributed by atoms with van der Waals surface area (Å²) in [6.07, 6.45) is 0.977. The molecule has 3 aromatic rings. The van der Waals surface area contributed by atoms with Crippen LogP contribution in [0, 0.1) is 0 Å². The van der Waals surface area contributed by atoms with Crippen LogP contribution in [0.3, 0.4) is 0 Å². The molecule has 0 spiro atoms. The minimum atomic E-state index is -0.373. The van der Waals surface area contributed by atoms with Crippen LogP contribution in [-0.2, 0) is 4.79 Å². The first-order chi connectivity index (χ1) is 16.4. The molecule has 3 heterocycles. The average molecular weight is 478 g/mol. The molecular weight excluding hydrogens is 450 g/mol. The third-order valence-corrected chi connectivity index (χ3v) is 7.10. The molecule has 6 nitrogen and oxygen atoms in total. The van der Waals surface area contributed by atoms with E-state index in [-0.39, 0.29) is 23.7 Å². The van der Waals surface area contributed by atoms with E-state index >= 15 is 0 Å². The number of furan rings is 1. The summed E-state index contributed by atoms with van der Waals surface area (Å²) in [5.41, 5.74) is 3.19. The van der Waals surface area contributed by atoms with Gasteiger partial charge in [0.1, 0.15) is 11.5 Å². The summed E-state index contributed by atoms with van der Waals surface area (Å²) in [6.45, 7) is 5.38. The van der Waals surface area contributed by atoms with E-state index in [2.05, 4.69) is 17.3 Å². The van der Waals surface area contributed by atoms with Crippen molar-refractivity contribution < 1.29 is 14.0 Å². The van der Waals surface area contributed by atoms with Gasteiger partial charge in [0.15, 0.2) is 0 Å². The summed E-state index contributed by atoms with van der Waals surface area (Å²) in [4.78, 5) is 30.0. The maximum atomic E-state index is 13.1. The molecular formula is C27H28ClN3O3. The van der Waals surface area contributed by atoms with Crippen LogP contribution in [0.4, 0.5) is 5.69 Å². The van der Waals surface area contributed by atoms with Crippen LogP contribution in [0.25, 0.3) is 11.3 Å². The van der Waals surface area contributed by atoms with Gasteiger partial charge in [-0.15, -0.1) is 0 Å². The Kier molecular flexibility index (Phi) is 6.19. The van der Waals surface area contributed by atoms with Crippen LogP contribution in [0.15, 0.2) is 59.0 Å². The first-order valence-corrected chi connectivity index (χ1v) is 12.1. The van der Waals surface area contributed by atoms with Gasteiger partial charge in [-0.25, -0.2) is 0 Å². The van der Waals surface area contributed by atoms with Crippen molar-refractivity contribution in [2.75, 3.05) is 38.5 Å². The van der Waals surface area contributed by atoms with Gasteiger partial charge in [-0.3, -0.25) is 9.59 Å². The van der Waals surface area contributed by atoms with Crippen LogP contribution >= 0.6 is 11.6 Å². The zero-order valence-corrected chi connectivity index (χ0v) is 20.1. The summed E-state index contributed by atoms with van der Waals surface area (Å²) in [7, 11) is 2.09. The molecule has 0 radical (unpaired) electrons. The first-order valence-electron chi connectivity index (χ1n) is 11.7. The zero-order chi connectivity index (χ0) is 23.8. The molecule has 2 aliphatic heterocycles. The molecule has 2 amide bonds. The highest BCUT2D eigenvalue weighted by molar-refractivity contribution is 6.31. The predicted molar refractivity (Wildman–Crippen MR) is 133 cm³/mol. The molecule has 0 aliphatic carbocycles. The number of carbonyl (C=O) groups excluding carboxylic acids is 2. The molecule has 0 bridgehead atoms. The van der Waals surface area contributed by atoms with Crippen molar-refractivity contribution >= 4 is 29.1 Å². The average Bonchev–Trinajstić information content (AvgIpc) is 3.38. The van der Waals surface area contributed by atoms with Crippen molar-refractivity contribution in [2.45, 2.75) is 25.2 Å². The van der Waals surface area contributed by atoms with E-state index in [1.807, 2.05) is 60.4 Å². The lowest BCUT2D eigenvalue weighted by Crippen LogP contribution is -2.34. The van der Waals surface area contributed by atoms with Crippen LogP contribution < -0.4 is 5.32 Å². The van der Waals surface area contributed by atoms with Crippen LogP contribution in [-0.4, -0.2) is 54.8 Å². The van der Waals surface area contributed by atoms with Crippen molar-refractivity contribution in [3.63, 3.8) is 0 Å². The normalized spacial score (nSPS) is 19.4. The minimum Gasteiger partial charge on any atom is -0.461 e. The molecule has 1 fully saturated rings. The summed E-state index contributed by atoms with van der Waals surface area (Å²) < 4.78 is 6.21. The monoisotopic (exact) mass is 477 g/mol. The highest BCUT2D eigenvalue weighted by Crippen LogP contribution is 2.43. The van der Waals surface area contributed by atoms with Crippen LogP contribution in [0.1, 0.15) is 46.9 Å². The Bertz CT molecular complexity index is 1240. The van der Waals surface area contributed by atoms with Crippen molar-refractivity contribution in [1.29, 1.82) is 0 Å². The van der Waals surface area contributed by atoms with Gasteiger partial charge in [0, 0.05) is 47.4 Å². The molecule has 2 atom stereocenters. The second kappa shape index (κ2) is 9.28. The molecule has 0 saturated carbocycles. The van der Waals surface area contributed by atoms with E-state index in [9.17, 15) is 9.59 Å². The van der Waals surface area contributed by atoms with Gasteiger partial charge in [-0.05, 0) is 68.0 Å². The van der Waals surface area contributed by atoms with E-state index in [0.29, 0.717) is 16.3 Å². The molecule has 34 heavy (non-hydrogen) atoms.